The third-order valence-electron chi connectivity index (χ3n) is 2.39. The van der Waals surface area contributed by atoms with Gasteiger partial charge in [-0.15, -0.1) is 0 Å². The lowest BCUT2D eigenvalue weighted by molar-refractivity contribution is -0.117. The van der Waals surface area contributed by atoms with Gasteiger partial charge in [0.15, 0.2) is 0 Å². The lowest BCUT2D eigenvalue weighted by Gasteiger charge is -2.12. The first-order chi connectivity index (χ1) is 8.04. The highest BCUT2D eigenvalue weighted by Crippen LogP contribution is 2.25. The van der Waals surface area contributed by atoms with Gasteiger partial charge >= 0.3 is 0 Å². The highest BCUT2D eigenvalue weighted by Gasteiger charge is 2.13. The first-order valence-electron chi connectivity index (χ1n) is 5.56. The van der Waals surface area contributed by atoms with E-state index in [2.05, 4.69) is 28.2 Å². The molecule has 94 valence electrons. The molecule has 1 atom stereocenters. The molecule has 0 aromatic heterocycles. The Hall–Kier alpha value is -0.580. The minimum Gasteiger partial charge on any atom is -0.325 e. The molecule has 0 aliphatic rings. The molecule has 5 heteroatoms. The van der Waals surface area contributed by atoms with E-state index in [4.69, 9.17) is 17.3 Å². The van der Waals surface area contributed by atoms with Crippen molar-refractivity contribution in [3.8, 4) is 0 Å². The maximum Gasteiger partial charge on any atom is 0.241 e. The van der Waals surface area contributed by atoms with Crippen molar-refractivity contribution in [1.82, 2.24) is 0 Å². The van der Waals surface area contributed by atoms with Crippen LogP contribution in [-0.4, -0.2) is 11.9 Å². The standard InChI is InChI=1S/C12H16BrClN2O/c1-2-3-4-11(15)12(17)16-8-5-6-9(13)10(14)7-8/h5-7,11H,2-4,15H2,1H3,(H,16,17). The summed E-state index contributed by atoms with van der Waals surface area (Å²) in [6, 6.07) is 4.80. The van der Waals surface area contributed by atoms with E-state index >= 15 is 0 Å². The Morgan fingerprint density at radius 3 is 2.88 bits per heavy atom. The zero-order chi connectivity index (χ0) is 12.8. The number of anilines is 1. The van der Waals surface area contributed by atoms with Crippen LogP contribution in [-0.2, 0) is 4.79 Å². The van der Waals surface area contributed by atoms with E-state index in [0.717, 1.165) is 17.3 Å². The van der Waals surface area contributed by atoms with Gasteiger partial charge in [0.2, 0.25) is 5.91 Å². The van der Waals surface area contributed by atoms with Crippen LogP contribution in [0.5, 0.6) is 0 Å². The Labute approximate surface area is 115 Å². The molecule has 0 aliphatic heterocycles. The molecule has 0 aliphatic carbocycles. The van der Waals surface area contributed by atoms with Gasteiger partial charge in [-0.2, -0.15) is 0 Å². The molecule has 0 bridgehead atoms. The fourth-order valence-corrected chi connectivity index (χ4v) is 1.79. The summed E-state index contributed by atoms with van der Waals surface area (Å²) < 4.78 is 0.799. The summed E-state index contributed by atoms with van der Waals surface area (Å²) >= 11 is 9.22. The molecule has 0 fully saturated rings. The van der Waals surface area contributed by atoms with E-state index in [1.165, 1.54) is 0 Å². The summed E-state index contributed by atoms with van der Waals surface area (Å²) in [7, 11) is 0. The van der Waals surface area contributed by atoms with Gasteiger partial charge in [-0.1, -0.05) is 31.4 Å². The van der Waals surface area contributed by atoms with E-state index < -0.39 is 6.04 Å². The quantitative estimate of drug-likeness (QED) is 0.872. The van der Waals surface area contributed by atoms with Crippen LogP contribution in [0, 0.1) is 0 Å². The number of nitrogens with one attached hydrogen (secondary N) is 1. The Morgan fingerprint density at radius 2 is 2.29 bits per heavy atom. The monoisotopic (exact) mass is 318 g/mol. The average Bonchev–Trinajstić information content (AvgIpc) is 2.30. The summed E-state index contributed by atoms with van der Waals surface area (Å²) in [5.41, 5.74) is 6.43. The van der Waals surface area contributed by atoms with Gasteiger partial charge in [-0.25, -0.2) is 0 Å². The molecule has 1 unspecified atom stereocenters. The molecule has 3 nitrogen and oxygen atoms in total. The predicted molar refractivity (Wildman–Crippen MR) is 75.3 cm³/mol. The second-order valence-corrected chi connectivity index (χ2v) is 5.13. The number of benzene rings is 1. The van der Waals surface area contributed by atoms with Crippen LogP contribution in [0.1, 0.15) is 26.2 Å². The highest BCUT2D eigenvalue weighted by atomic mass is 79.9. The largest absolute Gasteiger partial charge is 0.325 e. The number of hydrogen-bond donors (Lipinski definition) is 2. The van der Waals surface area contributed by atoms with E-state index in [9.17, 15) is 4.79 Å². The Kier molecular flexibility index (Phi) is 5.95. The molecule has 3 N–H and O–H groups in total. The number of unbranched alkanes of at least 4 members (excludes halogenated alkanes) is 1. The van der Waals surface area contributed by atoms with E-state index in [1.54, 1.807) is 18.2 Å². The molecule has 1 aromatic rings. The van der Waals surface area contributed by atoms with Crippen LogP contribution >= 0.6 is 27.5 Å². The second kappa shape index (κ2) is 6.99. The zero-order valence-electron chi connectivity index (χ0n) is 9.67. The number of amides is 1. The molecule has 0 radical (unpaired) electrons. The highest BCUT2D eigenvalue weighted by molar-refractivity contribution is 9.10. The number of carbonyl (C=O) groups is 1. The van der Waals surface area contributed by atoms with Crippen molar-refractivity contribution in [3.63, 3.8) is 0 Å². The molecule has 0 saturated carbocycles. The lowest BCUT2D eigenvalue weighted by Crippen LogP contribution is -2.35. The summed E-state index contributed by atoms with van der Waals surface area (Å²) in [6.45, 7) is 2.07. The fourth-order valence-electron chi connectivity index (χ4n) is 1.36. The summed E-state index contributed by atoms with van der Waals surface area (Å²) in [6.07, 6.45) is 2.69. The van der Waals surface area contributed by atoms with Crippen LogP contribution in [0.2, 0.25) is 5.02 Å². The average molecular weight is 320 g/mol. The Bertz CT molecular complexity index is 398. The van der Waals surface area contributed by atoms with Crippen molar-refractivity contribution in [3.05, 3.63) is 27.7 Å². The van der Waals surface area contributed by atoms with Gasteiger partial charge in [-0.3, -0.25) is 4.79 Å². The minimum atomic E-state index is -0.461. The van der Waals surface area contributed by atoms with Gasteiger partial charge in [0.05, 0.1) is 11.1 Å². The number of rotatable bonds is 5. The van der Waals surface area contributed by atoms with Gasteiger partial charge in [-0.05, 0) is 40.5 Å². The van der Waals surface area contributed by atoms with Crippen molar-refractivity contribution in [2.75, 3.05) is 5.32 Å². The lowest BCUT2D eigenvalue weighted by atomic mass is 10.1. The fraction of sp³-hybridized carbons (Fsp3) is 0.417. The number of hydrogen-bond acceptors (Lipinski definition) is 2. The third-order valence-corrected chi connectivity index (χ3v) is 3.63. The number of carbonyl (C=O) groups excluding carboxylic acids is 1. The topological polar surface area (TPSA) is 55.1 Å². The molecule has 17 heavy (non-hydrogen) atoms. The van der Waals surface area contributed by atoms with Crippen molar-refractivity contribution in [2.45, 2.75) is 32.2 Å². The Balaban J connectivity index is 2.58. The van der Waals surface area contributed by atoms with Crippen molar-refractivity contribution < 1.29 is 4.79 Å². The number of nitrogens with two attached hydrogens (primary N) is 1. The molecule has 1 amide bonds. The molecule has 0 saturated heterocycles. The summed E-state index contributed by atoms with van der Waals surface area (Å²) in [5.74, 6) is -0.170. The maximum atomic E-state index is 11.7. The number of halogens is 2. The van der Waals surface area contributed by atoms with Gasteiger partial charge < -0.3 is 11.1 Å². The third kappa shape index (κ3) is 4.66. The molecule has 1 aromatic carbocycles. The second-order valence-electron chi connectivity index (χ2n) is 3.87. The SMILES string of the molecule is CCCCC(N)C(=O)Nc1ccc(Br)c(Cl)c1. The van der Waals surface area contributed by atoms with Crippen LogP contribution in [0.3, 0.4) is 0 Å². The molecular weight excluding hydrogens is 304 g/mol. The first-order valence-corrected chi connectivity index (χ1v) is 6.73. The predicted octanol–water partition coefficient (Wildman–Crippen LogP) is 3.56. The summed E-state index contributed by atoms with van der Waals surface area (Å²) in [5, 5.41) is 3.31. The molecule has 0 heterocycles. The molecule has 0 spiro atoms. The van der Waals surface area contributed by atoms with Crippen LogP contribution in [0.15, 0.2) is 22.7 Å². The van der Waals surface area contributed by atoms with Crippen molar-refractivity contribution >= 4 is 39.1 Å². The van der Waals surface area contributed by atoms with Crippen LogP contribution in [0.4, 0.5) is 5.69 Å². The van der Waals surface area contributed by atoms with E-state index in [-0.39, 0.29) is 5.91 Å². The van der Waals surface area contributed by atoms with E-state index in [1.807, 2.05) is 0 Å². The van der Waals surface area contributed by atoms with E-state index in [0.29, 0.717) is 17.1 Å². The molecular formula is C12H16BrClN2O. The smallest absolute Gasteiger partial charge is 0.241 e. The normalized spacial score (nSPS) is 12.2. The maximum absolute atomic E-state index is 11.7. The van der Waals surface area contributed by atoms with Gasteiger partial charge in [0.25, 0.3) is 0 Å². The Morgan fingerprint density at radius 1 is 1.59 bits per heavy atom. The minimum absolute atomic E-state index is 0.170. The van der Waals surface area contributed by atoms with Crippen molar-refractivity contribution in [2.24, 2.45) is 5.73 Å². The van der Waals surface area contributed by atoms with Crippen molar-refractivity contribution in [1.29, 1.82) is 0 Å². The van der Waals surface area contributed by atoms with Gasteiger partial charge in [0.1, 0.15) is 0 Å². The zero-order valence-corrected chi connectivity index (χ0v) is 12.0. The summed E-state index contributed by atoms with van der Waals surface area (Å²) in [4.78, 5) is 11.7. The molecule has 1 rings (SSSR count). The van der Waals surface area contributed by atoms with Crippen LogP contribution in [0.25, 0.3) is 0 Å². The van der Waals surface area contributed by atoms with Gasteiger partial charge in [0, 0.05) is 10.2 Å². The first kappa shape index (κ1) is 14.5. The van der Waals surface area contributed by atoms with Crippen LogP contribution < -0.4 is 11.1 Å².